The Kier molecular flexibility index (Phi) is 10.2. The van der Waals surface area contributed by atoms with Crippen LogP contribution in [-0.4, -0.2) is 0 Å². The van der Waals surface area contributed by atoms with Gasteiger partial charge in [0, 0.05) is 0 Å². The molecule has 0 bridgehead atoms. The molecule has 0 unspecified atom stereocenters. The molecule has 156 valence electrons. The van der Waals surface area contributed by atoms with Crippen molar-refractivity contribution >= 4 is 5.57 Å². The molecule has 0 saturated heterocycles. The zero-order valence-electron chi connectivity index (χ0n) is 20.5. The second kappa shape index (κ2) is 10.5. The third-order valence-corrected chi connectivity index (χ3v) is 6.64. The molecule has 4 rings (SSSR count). The first-order valence-corrected chi connectivity index (χ1v) is 10.1. The molecule has 0 atom stereocenters. The first kappa shape index (κ1) is 28.2. The zero-order valence-corrected chi connectivity index (χ0v) is 24.1. The molecule has 29 heavy (non-hydrogen) atoms. The summed E-state index contributed by atoms with van der Waals surface area (Å²) in [6.07, 6.45) is 8.52. The Morgan fingerprint density at radius 2 is 1.38 bits per heavy atom. The molecule has 0 aliphatic heterocycles. The fourth-order valence-corrected chi connectivity index (χ4v) is 4.49. The van der Waals surface area contributed by atoms with Gasteiger partial charge < -0.3 is 14.9 Å². The van der Waals surface area contributed by atoms with Crippen LogP contribution in [-0.2, 0) is 45.1 Å². The van der Waals surface area contributed by atoms with Crippen molar-refractivity contribution in [1.29, 1.82) is 0 Å². The van der Waals surface area contributed by atoms with Crippen LogP contribution in [0.5, 0.6) is 0 Å². The van der Waals surface area contributed by atoms with Crippen molar-refractivity contribution in [1.82, 2.24) is 0 Å². The van der Waals surface area contributed by atoms with Gasteiger partial charge in [0.05, 0.1) is 0 Å². The molecule has 1 heteroatoms. The van der Waals surface area contributed by atoms with Crippen molar-refractivity contribution in [3.8, 4) is 0 Å². The molecular formula is C28H40Hf. The summed E-state index contributed by atoms with van der Waals surface area (Å²) >= 11 is 0. The van der Waals surface area contributed by atoms with Gasteiger partial charge in [-0.2, -0.15) is 33.4 Å². The van der Waals surface area contributed by atoms with Gasteiger partial charge in [-0.1, -0.05) is 73.1 Å². The minimum Gasteiger partial charge on any atom is -0.358 e. The van der Waals surface area contributed by atoms with Crippen LogP contribution in [0.3, 0.4) is 0 Å². The van der Waals surface area contributed by atoms with E-state index >= 15 is 0 Å². The molecule has 0 heterocycles. The predicted octanol–water partition coefficient (Wildman–Crippen LogP) is 7.81. The maximum absolute atomic E-state index is 3.61. The number of rotatable bonds is 0. The largest absolute Gasteiger partial charge is 4.00 e. The number of allylic oxidation sites excluding steroid dienone is 2. The van der Waals surface area contributed by atoms with E-state index < -0.39 is 0 Å². The molecule has 2 aliphatic carbocycles. The average Bonchev–Trinajstić information content (AvgIpc) is 3.26. The van der Waals surface area contributed by atoms with E-state index in [9.17, 15) is 0 Å². The van der Waals surface area contributed by atoms with E-state index in [2.05, 4.69) is 73.6 Å². The van der Waals surface area contributed by atoms with E-state index in [4.69, 9.17) is 0 Å². The summed E-state index contributed by atoms with van der Waals surface area (Å²) in [7, 11) is 0. The molecular weight excluding hydrogens is 515 g/mol. The van der Waals surface area contributed by atoms with E-state index in [1.807, 2.05) is 0 Å². The summed E-state index contributed by atoms with van der Waals surface area (Å²) in [6, 6.07) is 4.67. The van der Waals surface area contributed by atoms with Crippen molar-refractivity contribution in [2.24, 2.45) is 5.41 Å². The predicted molar refractivity (Wildman–Crippen MR) is 127 cm³/mol. The normalized spacial score (nSPS) is 13.7. The third kappa shape index (κ3) is 5.27. The van der Waals surface area contributed by atoms with Crippen LogP contribution in [0.1, 0.15) is 77.3 Å². The van der Waals surface area contributed by atoms with Crippen molar-refractivity contribution in [3.05, 3.63) is 83.1 Å². The van der Waals surface area contributed by atoms with Gasteiger partial charge in [0.15, 0.2) is 0 Å². The van der Waals surface area contributed by atoms with Crippen molar-refractivity contribution in [2.75, 3.05) is 0 Å². The van der Waals surface area contributed by atoms with Gasteiger partial charge in [0.1, 0.15) is 0 Å². The topological polar surface area (TPSA) is 0 Å². The molecule has 0 aromatic heterocycles. The fourth-order valence-electron chi connectivity index (χ4n) is 4.49. The number of aryl methyl sites for hydroxylation is 1. The van der Waals surface area contributed by atoms with Crippen molar-refractivity contribution in [3.63, 3.8) is 0 Å². The Labute approximate surface area is 200 Å². The Balaban J connectivity index is 0.000000535. The summed E-state index contributed by atoms with van der Waals surface area (Å²) < 4.78 is 0. The number of hydrogen-bond donors (Lipinski definition) is 0. The summed E-state index contributed by atoms with van der Waals surface area (Å²) in [5.74, 6) is 0. The maximum Gasteiger partial charge on any atom is 4.00 e. The number of hydrogen-bond acceptors (Lipinski definition) is 0. The van der Waals surface area contributed by atoms with E-state index in [0.717, 1.165) is 6.42 Å². The van der Waals surface area contributed by atoms with E-state index in [1.165, 1.54) is 58.2 Å². The summed E-state index contributed by atoms with van der Waals surface area (Å²) in [4.78, 5) is 0. The maximum atomic E-state index is 3.61. The monoisotopic (exact) mass is 556 g/mol. The quantitative estimate of drug-likeness (QED) is 0.230. The second-order valence-electron chi connectivity index (χ2n) is 9.19. The Hall–Kier alpha value is -0.820. The SMILES string of the molecule is CC(C)(C)C1=[C-]Cc2ccc3c(c21)CCC3.Cc1c(C)c(C)[c-](C)c1C.[CH3-].[CH3-].[Hf+4]. The second-order valence-corrected chi connectivity index (χ2v) is 9.19. The average molecular weight is 555 g/mol. The molecule has 2 aromatic carbocycles. The molecule has 0 nitrogen and oxygen atoms in total. The van der Waals surface area contributed by atoms with Crippen LogP contribution >= 0.6 is 0 Å². The van der Waals surface area contributed by atoms with Crippen molar-refractivity contribution < 1.29 is 25.8 Å². The van der Waals surface area contributed by atoms with Gasteiger partial charge in [-0.15, -0.1) is 17.5 Å². The smallest absolute Gasteiger partial charge is 0.358 e. The number of benzene rings is 1. The van der Waals surface area contributed by atoms with Gasteiger partial charge in [0.25, 0.3) is 0 Å². The molecule has 2 aromatic rings. The van der Waals surface area contributed by atoms with E-state index in [1.54, 1.807) is 16.7 Å². The van der Waals surface area contributed by atoms with Crippen molar-refractivity contribution in [2.45, 2.75) is 81.1 Å². The van der Waals surface area contributed by atoms with Crippen LogP contribution in [0.4, 0.5) is 0 Å². The summed E-state index contributed by atoms with van der Waals surface area (Å²) in [5, 5.41) is 0. The minimum atomic E-state index is 0. The minimum absolute atomic E-state index is 0. The molecule has 2 aliphatic rings. The molecule has 0 N–H and O–H groups in total. The molecule has 0 fully saturated rings. The van der Waals surface area contributed by atoms with Crippen LogP contribution in [0.2, 0.25) is 0 Å². The molecule has 0 amide bonds. The molecule has 0 saturated carbocycles. The molecule has 0 radical (unpaired) electrons. The Morgan fingerprint density at radius 1 is 0.862 bits per heavy atom. The number of fused-ring (bicyclic) bond motifs is 3. The van der Waals surface area contributed by atoms with E-state index in [0.29, 0.717) is 0 Å². The van der Waals surface area contributed by atoms with Gasteiger partial charge in [-0.3, -0.25) is 6.08 Å². The first-order valence-electron chi connectivity index (χ1n) is 10.1. The van der Waals surface area contributed by atoms with E-state index in [-0.39, 0.29) is 46.1 Å². The standard InChI is InChI=1S/C16H19.C10H15.2CH3.Hf/c1-16(2,3)14-10-9-12-8-7-11-5-4-6-13(11)15(12)14;1-6-7(2)9(4)10(5)8(6)3;;;/h7-8H,4-6,9H2,1-3H3;1-5H3;2*1H3;/q4*-1;+4. The molecule has 0 spiro atoms. The van der Waals surface area contributed by atoms with Crippen LogP contribution in [0.25, 0.3) is 5.57 Å². The fraction of sp³-hybridized carbons (Fsp3) is 0.464. The first-order chi connectivity index (χ1) is 12.1. The van der Waals surface area contributed by atoms with Gasteiger partial charge in [-0.25, -0.2) is 5.57 Å². The third-order valence-electron chi connectivity index (χ3n) is 6.64. The zero-order chi connectivity index (χ0) is 19.2. The van der Waals surface area contributed by atoms with Crippen LogP contribution in [0.15, 0.2) is 12.1 Å². The summed E-state index contributed by atoms with van der Waals surface area (Å²) in [5.41, 5.74) is 15.3. The van der Waals surface area contributed by atoms with Gasteiger partial charge in [0.2, 0.25) is 0 Å². The van der Waals surface area contributed by atoms with Crippen LogP contribution < -0.4 is 0 Å². The summed E-state index contributed by atoms with van der Waals surface area (Å²) in [6.45, 7) is 17.9. The van der Waals surface area contributed by atoms with Crippen LogP contribution in [0, 0.1) is 61.0 Å². The van der Waals surface area contributed by atoms with Gasteiger partial charge in [-0.05, 0) is 24.7 Å². The Bertz CT molecular complexity index is 789. The van der Waals surface area contributed by atoms with Gasteiger partial charge >= 0.3 is 25.8 Å². The Morgan fingerprint density at radius 3 is 1.83 bits per heavy atom.